The average Bonchev–Trinajstić information content (AvgIpc) is 3.36. The molecule has 38 heavy (non-hydrogen) atoms. The Labute approximate surface area is 230 Å². The maximum Gasteiger partial charge on any atom is 0.191 e. The van der Waals surface area contributed by atoms with E-state index >= 15 is 0 Å². The molecule has 1 atom stereocenters. The molecule has 0 saturated heterocycles. The van der Waals surface area contributed by atoms with Crippen LogP contribution in [0.4, 0.5) is 0 Å². The summed E-state index contributed by atoms with van der Waals surface area (Å²) in [5.74, 6) is 0.435. The summed E-state index contributed by atoms with van der Waals surface area (Å²) in [6.45, 7) is 12.5. The Kier molecular flexibility index (Phi) is 7.48. The molecule has 0 amide bonds. The summed E-state index contributed by atoms with van der Waals surface area (Å²) in [7, 11) is -1.76. The number of imidazole rings is 1. The average molecular weight is 523 g/mol. The van der Waals surface area contributed by atoms with Crippen molar-refractivity contribution in [1.29, 1.82) is 0 Å². The zero-order chi connectivity index (χ0) is 26.8. The van der Waals surface area contributed by atoms with Gasteiger partial charge in [0.2, 0.25) is 0 Å². The first-order chi connectivity index (χ1) is 18.2. The lowest BCUT2D eigenvalue weighted by Crippen LogP contribution is -2.41. The lowest BCUT2D eigenvalue weighted by molar-refractivity contribution is 0.264. The van der Waals surface area contributed by atoms with Gasteiger partial charge in [0.1, 0.15) is 5.54 Å². The number of hydrogen-bond donors (Lipinski definition) is 0. The second-order valence-electron chi connectivity index (χ2n) is 12.2. The second kappa shape index (κ2) is 10.7. The minimum atomic E-state index is -1.76. The van der Waals surface area contributed by atoms with E-state index < -0.39 is 13.9 Å². The number of nitrogens with zero attached hydrogens (tertiary/aromatic N) is 2. The van der Waals surface area contributed by atoms with Crippen molar-refractivity contribution in [2.75, 3.05) is 6.61 Å². The molecule has 4 heteroatoms. The second-order valence-corrected chi connectivity index (χ2v) is 17.1. The summed E-state index contributed by atoms with van der Waals surface area (Å²) in [5.41, 5.74) is 5.89. The molecule has 1 aromatic heterocycles. The summed E-state index contributed by atoms with van der Waals surface area (Å²) in [4.78, 5) is 5.16. The standard InChI is InChI=1S/C34H42N2OSi/c1-33(2,3)38(4,5)37-25-24-27-16-15-23-31-32(27)35-26-36(31)34(28-17-9-6-10-18-28,29-19-11-7-12-20-29)30-21-13-8-14-22-30/h6-14,17-22,26-27H,15-16,23-25H2,1-5H3. The molecule has 0 aliphatic heterocycles. The molecule has 198 valence electrons. The van der Waals surface area contributed by atoms with E-state index in [0.717, 1.165) is 19.4 Å². The van der Waals surface area contributed by atoms with E-state index in [4.69, 9.17) is 9.41 Å². The Morgan fingerprint density at radius 3 is 1.79 bits per heavy atom. The number of rotatable bonds is 8. The fourth-order valence-corrected chi connectivity index (χ4v) is 6.89. The molecule has 0 N–H and O–H groups in total. The van der Waals surface area contributed by atoms with Gasteiger partial charge in [-0.15, -0.1) is 0 Å². The van der Waals surface area contributed by atoms with E-state index in [-0.39, 0.29) is 5.04 Å². The number of fused-ring (bicyclic) bond motifs is 1. The van der Waals surface area contributed by atoms with E-state index in [9.17, 15) is 0 Å². The van der Waals surface area contributed by atoms with Crippen molar-refractivity contribution in [2.24, 2.45) is 0 Å². The van der Waals surface area contributed by atoms with E-state index in [2.05, 4.69) is 136 Å². The van der Waals surface area contributed by atoms with Gasteiger partial charge in [-0.05, 0) is 60.5 Å². The zero-order valence-corrected chi connectivity index (χ0v) is 24.7. The van der Waals surface area contributed by atoms with E-state index in [1.54, 1.807) is 0 Å². The van der Waals surface area contributed by atoms with Gasteiger partial charge in [0.05, 0.1) is 12.0 Å². The number of hydrogen-bond acceptors (Lipinski definition) is 2. The normalized spacial score (nSPS) is 16.3. The molecule has 3 nitrogen and oxygen atoms in total. The zero-order valence-electron chi connectivity index (χ0n) is 23.7. The summed E-state index contributed by atoms with van der Waals surface area (Å²) in [6, 6.07) is 32.8. The van der Waals surface area contributed by atoms with E-state index in [1.165, 1.54) is 40.9 Å². The monoisotopic (exact) mass is 522 g/mol. The summed E-state index contributed by atoms with van der Waals surface area (Å²) >= 11 is 0. The first kappa shape index (κ1) is 26.6. The predicted molar refractivity (Wildman–Crippen MR) is 160 cm³/mol. The van der Waals surface area contributed by atoms with Gasteiger partial charge in [-0.1, -0.05) is 112 Å². The fraction of sp³-hybridized carbons (Fsp3) is 0.382. The Hall–Kier alpha value is -2.95. The van der Waals surface area contributed by atoms with Gasteiger partial charge in [-0.3, -0.25) is 0 Å². The van der Waals surface area contributed by atoms with Gasteiger partial charge in [0.15, 0.2) is 8.32 Å². The molecule has 0 saturated carbocycles. The van der Waals surface area contributed by atoms with Crippen molar-refractivity contribution >= 4 is 8.32 Å². The van der Waals surface area contributed by atoms with Gasteiger partial charge in [0.25, 0.3) is 0 Å². The third-order valence-corrected chi connectivity index (χ3v) is 13.5. The van der Waals surface area contributed by atoms with Crippen LogP contribution >= 0.6 is 0 Å². The van der Waals surface area contributed by atoms with Gasteiger partial charge in [-0.2, -0.15) is 0 Å². The van der Waals surface area contributed by atoms with E-state index in [0.29, 0.717) is 5.92 Å². The minimum Gasteiger partial charge on any atom is -0.417 e. The highest BCUT2D eigenvalue weighted by Gasteiger charge is 2.42. The van der Waals surface area contributed by atoms with Crippen molar-refractivity contribution in [2.45, 2.75) is 76.0 Å². The minimum absolute atomic E-state index is 0.229. The highest BCUT2D eigenvalue weighted by Crippen LogP contribution is 2.45. The smallest absolute Gasteiger partial charge is 0.191 e. The Bertz CT molecular complexity index is 1230. The molecular weight excluding hydrogens is 480 g/mol. The Morgan fingerprint density at radius 1 is 0.816 bits per heavy atom. The van der Waals surface area contributed by atoms with Gasteiger partial charge in [0, 0.05) is 18.2 Å². The molecule has 4 aromatic rings. The molecule has 1 aliphatic carbocycles. The third kappa shape index (κ3) is 4.80. The van der Waals surface area contributed by atoms with E-state index in [1.807, 2.05) is 0 Å². The first-order valence-electron chi connectivity index (χ1n) is 14.1. The molecule has 5 rings (SSSR count). The molecule has 1 heterocycles. The SMILES string of the molecule is CC(C)(C)[Si](C)(C)OCCC1CCCc2c1ncn2C(c1ccccc1)(c1ccccc1)c1ccccc1. The largest absolute Gasteiger partial charge is 0.417 e. The molecular formula is C34H42N2OSi. The lowest BCUT2D eigenvalue weighted by atomic mass is 9.76. The topological polar surface area (TPSA) is 27.1 Å². The molecule has 1 aliphatic rings. The van der Waals surface area contributed by atoms with Gasteiger partial charge in [-0.25, -0.2) is 4.98 Å². The molecule has 1 unspecified atom stereocenters. The Balaban J connectivity index is 1.60. The van der Waals surface area contributed by atoms with Crippen LogP contribution in [-0.4, -0.2) is 24.5 Å². The van der Waals surface area contributed by atoms with Crippen LogP contribution in [-0.2, 0) is 16.4 Å². The van der Waals surface area contributed by atoms with Crippen LogP contribution in [0.3, 0.4) is 0 Å². The maximum absolute atomic E-state index is 6.60. The molecule has 3 aromatic carbocycles. The molecule has 0 radical (unpaired) electrons. The van der Waals surface area contributed by atoms with Crippen molar-refractivity contribution in [1.82, 2.24) is 9.55 Å². The van der Waals surface area contributed by atoms with Crippen molar-refractivity contribution in [3.8, 4) is 0 Å². The quantitative estimate of drug-likeness (QED) is 0.171. The van der Waals surface area contributed by atoms with Crippen LogP contribution in [0.15, 0.2) is 97.3 Å². The summed E-state index contributed by atoms with van der Waals surface area (Å²) in [5, 5.41) is 0.229. The molecule has 0 spiro atoms. The van der Waals surface area contributed by atoms with Gasteiger partial charge < -0.3 is 8.99 Å². The fourth-order valence-electron chi connectivity index (χ4n) is 5.83. The van der Waals surface area contributed by atoms with Crippen LogP contribution in [0, 0.1) is 0 Å². The molecule has 0 fully saturated rings. The first-order valence-corrected chi connectivity index (χ1v) is 17.0. The number of benzene rings is 3. The maximum atomic E-state index is 6.60. The van der Waals surface area contributed by atoms with Crippen LogP contribution < -0.4 is 0 Å². The highest BCUT2D eigenvalue weighted by molar-refractivity contribution is 6.74. The van der Waals surface area contributed by atoms with Crippen LogP contribution in [0.25, 0.3) is 0 Å². The van der Waals surface area contributed by atoms with Crippen molar-refractivity contribution < 1.29 is 4.43 Å². The number of aromatic nitrogens is 2. The molecule has 0 bridgehead atoms. The predicted octanol–water partition coefficient (Wildman–Crippen LogP) is 8.56. The van der Waals surface area contributed by atoms with Crippen LogP contribution in [0.5, 0.6) is 0 Å². The van der Waals surface area contributed by atoms with Crippen LogP contribution in [0.2, 0.25) is 18.1 Å². The van der Waals surface area contributed by atoms with Crippen LogP contribution in [0.1, 0.15) is 74.0 Å². The third-order valence-electron chi connectivity index (χ3n) is 8.92. The highest BCUT2D eigenvalue weighted by atomic mass is 28.4. The van der Waals surface area contributed by atoms with Gasteiger partial charge >= 0.3 is 0 Å². The summed E-state index contributed by atoms with van der Waals surface area (Å²) in [6.07, 6.45) is 6.55. The van der Waals surface area contributed by atoms with Crippen molar-refractivity contribution in [3.05, 3.63) is 125 Å². The summed E-state index contributed by atoms with van der Waals surface area (Å²) < 4.78 is 9.09. The van der Waals surface area contributed by atoms with Crippen molar-refractivity contribution in [3.63, 3.8) is 0 Å². The Morgan fingerprint density at radius 2 is 1.32 bits per heavy atom. The lowest BCUT2D eigenvalue weighted by Gasteiger charge is -2.39.